The number of nitrogens with one attached hydrogen (secondary N) is 1. The Morgan fingerprint density at radius 3 is 2.30 bits per heavy atom. The van der Waals surface area contributed by atoms with Crippen LogP contribution in [0.3, 0.4) is 0 Å². The molecule has 0 saturated heterocycles. The summed E-state index contributed by atoms with van der Waals surface area (Å²) in [5.41, 5.74) is 1.00. The van der Waals surface area contributed by atoms with E-state index in [4.69, 9.17) is 23.2 Å². The minimum absolute atomic E-state index is 0.0768. The molecule has 0 aliphatic rings. The van der Waals surface area contributed by atoms with E-state index in [9.17, 15) is 8.42 Å². The second kappa shape index (κ2) is 8.23. The maximum atomic E-state index is 11.2. The van der Waals surface area contributed by atoms with Crippen LogP contribution < -0.4 is 5.32 Å². The highest BCUT2D eigenvalue weighted by Crippen LogP contribution is 2.26. The van der Waals surface area contributed by atoms with Crippen LogP contribution in [0.15, 0.2) is 18.2 Å². The van der Waals surface area contributed by atoms with Crippen LogP contribution in [0.4, 0.5) is 0 Å². The highest BCUT2D eigenvalue weighted by molar-refractivity contribution is 7.90. The van der Waals surface area contributed by atoms with Gasteiger partial charge in [-0.25, -0.2) is 8.42 Å². The number of sulfone groups is 1. The average Bonchev–Trinajstić information content (AvgIpc) is 2.30. The molecule has 20 heavy (non-hydrogen) atoms. The predicted molar refractivity (Wildman–Crippen MR) is 86.4 cm³/mol. The van der Waals surface area contributed by atoms with E-state index in [0.717, 1.165) is 24.9 Å². The van der Waals surface area contributed by atoms with Crippen molar-refractivity contribution in [3.05, 3.63) is 33.8 Å². The van der Waals surface area contributed by atoms with Crippen molar-refractivity contribution in [2.24, 2.45) is 0 Å². The van der Waals surface area contributed by atoms with Crippen LogP contribution in [0.5, 0.6) is 0 Å². The van der Waals surface area contributed by atoms with Crippen LogP contribution in [-0.2, 0) is 9.84 Å². The van der Waals surface area contributed by atoms with Gasteiger partial charge in [-0.3, -0.25) is 0 Å². The van der Waals surface area contributed by atoms with E-state index < -0.39 is 9.84 Å². The Balaban J connectivity index is 2.77. The number of halogens is 2. The fraction of sp³-hybridized carbons (Fsp3) is 0.571. The topological polar surface area (TPSA) is 46.2 Å². The lowest BCUT2D eigenvalue weighted by atomic mass is 10.0. The number of rotatable bonds is 8. The number of hydrogen-bond donors (Lipinski definition) is 1. The first kappa shape index (κ1) is 17.8. The van der Waals surface area contributed by atoms with Gasteiger partial charge in [0.25, 0.3) is 0 Å². The molecule has 1 aromatic carbocycles. The molecule has 1 atom stereocenters. The largest absolute Gasteiger partial charge is 0.310 e. The molecule has 1 aromatic rings. The van der Waals surface area contributed by atoms with Gasteiger partial charge in [0, 0.05) is 28.1 Å². The van der Waals surface area contributed by atoms with Crippen molar-refractivity contribution in [2.45, 2.75) is 32.2 Å². The Morgan fingerprint density at radius 1 is 1.20 bits per heavy atom. The van der Waals surface area contributed by atoms with Gasteiger partial charge in [-0.1, -0.05) is 30.1 Å². The maximum absolute atomic E-state index is 11.2. The molecule has 114 valence electrons. The van der Waals surface area contributed by atoms with Gasteiger partial charge < -0.3 is 5.32 Å². The first-order chi connectivity index (χ1) is 9.31. The molecule has 0 saturated carbocycles. The van der Waals surface area contributed by atoms with Crippen molar-refractivity contribution in [1.82, 2.24) is 5.32 Å². The third kappa shape index (κ3) is 6.93. The van der Waals surface area contributed by atoms with Crippen LogP contribution in [0.25, 0.3) is 0 Å². The molecule has 0 heterocycles. The first-order valence-corrected chi connectivity index (χ1v) is 9.50. The normalized spacial score (nSPS) is 13.4. The van der Waals surface area contributed by atoms with Crippen LogP contribution in [0.1, 0.15) is 37.8 Å². The number of benzene rings is 1. The molecule has 0 radical (unpaired) electrons. The minimum Gasteiger partial charge on any atom is -0.310 e. The summed E-state index contributed by atoms with van der Waals surface area (Å²) < 4.78 is 22.4. The van der Waals surface area contributed by atoms with Crippen LogP contribution in [0.2, 0.25) is 10.0 Å². The van der Waals surface area contributed by atoms with E-state index >= 15 is 0 Å². The predicted octanol–water partition coefficient (Wildman–Crippen LogP) is 3.86. The van der Waals surface area contributed by atoms with Gasteiger partial charge in [0.1, 0.15) is 9.84 Å². The fourth-order valence-corrected chi connectivity index (χ4v) is 3.27. The minimum atomic E-state index is -2.92. The number of hydrogen-bond acceptors (Lipinski definition) is 3. The van der Waals surface area contributed by atoms with Crippen molar-refractivity contribution in [3.8, 4) is 0 Å². The van der Waals surface area contributed by atoms with Crippen molar-refractivity contribution in [3.63, 3.8) is 0 Å². The maximum Gasteiger partial charge on any atom is 0.147 e. The van der Waals surface area contributed by atoms with Crippen LogP contribution in [0, 0.1) is 0 Å². The van der Waals surface area contributed by atoms with Gasteiger partial charge in [0.05, 0.1) is 0 Å². The second-order valence-electron chi connectivity index (χ2n) is 4.98. The summed E-state index contributed by atoms with van der Waals surface area (Å²) in [6, 6.07) is 5.52. The van der Waals surface area contributed by atoms with Crippen LogP contribution in [-0.4, -0.2) is 27.0 Å². The van der Waals surface area contributed by atoms with E-state index in [0.29, 0.717) is 16.5 Å². The molecule has 0 amide bonds. The summed E-state index contributed by atoms with van der Waals surface area (Å²) in [5.74, 6) is 0.200. The highest BCUT2D eigenvalue weighted by atomic mass is 35.5. The van der Waals surface area contributed by atoms with Crippen molar-refractivity contribution < 1.29 is 8.42 Å². The molecule has 0 aliphatic heterocycles. The Labute approximate surface area is 131 Å². The van der Waals surface area contributed by atoms with Crippen molar-refractivity contribution in [2.75, 3.05) is 18.6 Å². The molecule has 1 rings (SSSR count). The van der Waals surface area contributed by atoms with E-state index in [1.807, 2.05) is 12.1 Å². The molecule has 1 N–H and O–H groups in total. The Kier molecular flexibility index (Phi) is 7.30. The second-order valence-corrected chi connectivity index (χ2v) is 8.11. The molecule has 1 unspecified atom stereocenters. The Bertz CT molecular complexity index is 512. The summed E-state index contributed by atoms with van der Waals surface area (Å²) in [6.45, 7) is 2.96. The zero-order valence-electron chi connectivity index (χ0n) is 11.8. The summed E-state index contributed by atoms with van der Waals surface area (Å²) in [7, 11) is -2.92. The molecule has 0 fully saturated rings. The van der Waals surface area contributed by atoms with Gasteiger partial charge in [-0.05, 0) is 49.6 Å². The molecule has 3 nitrogen and oxygen atoms in total. The molecule has 0 aromatic heterocycles. The van der Waals surface area contributed by atoms with E-state index in [1.54, 1.807) is 6.07 Å². The van der Waals surface area contributed by atoms with Crippen molar-refractivity contribution in [1.29, 1.82) is 0 Å². The van der Waals surface area contributed by atoms with Gasteiger partial charge in [0.2, 0.25) is 0 Å². The van der Waals surface area contributed by atoms with Gasteiger partial charge in [0.15, 0.2) is 0 Å². The third-order valence-corrected chi connectivity index (χ3v) is 4.40. The summed E-state index contributed by atoms with van der Waals surface area (Å²) in [6.07, 6.45) is 3.63. The highest BCUT2D eigenvalue weighted by Gasteiger charge is 2.13. The Morgan fingerprint density at radius 2 is 1.80 bits per heavy atom. The SMILES string of the molecule is CCCNC(CCCS(C)(=O)=O)c1cc(Cl)cc(Cl)c1. The van der Waals surface area contributed by atoms with Crippen LogP contribution >= 0.6 is 23.2 Å². The van der Waals surface area contributed by atoms with Gasteiger partial charge >= 0.3 is 0 Å². The molecular formula is C14H21Cl2NO2S. The Hall–Kier alpha value is -0.290. The zero-order valence-corrected chi connectivity index (χ0v) is 14.2. The summed E-state index contributed by atoms with van der Waals surface area (Å²) in [5, 5.41) is 4.61. The average molecular weight is 338 g/mol. The van der Waals surface area contributed by atoms with E-state index in [-0.39, 0.29) is 11.8 Å². The zero-order chi connectivity index (χ0) is 15.2. The van der Waals surface area contributed by atoms with Gasteiger partial charge in [-0.15, -0.1) is 0 Å². The lowest BCUT2D eigenvalue weighted by Crippen LogP contribution is -2.23. The molecular weight excluding hydrogens is 317 g/mol. The molecule has 0 aliphatic carbocycles. The standard InChI is InChI=1S/C14H21Cl2NO2S/c1-3-6-17-14(5-4-7-20(2,18)19)11-8-12(15)10-13(16)9-11/h8-10,14,17H,3-7H2,1-2H3. The summed E-state index contributed by atoms with van der Waals surface area (Å²) in [4.78, 5) is 0. The lowest BCUT2D eigenvalue weighted by Gasteiger charge is -2.19. The van der Waals surface area contributed by atoms with Crippen molar-refractivity contribution >= 4 is 33.0 Å². The molecule has 6 heteroatoms. The van der Waals surface area contributed by atoms with E-state index in [1.165, 1.54) is 6.26 Å². The lowest BCUT2D eigenvalue weighted by molar-refractivity contribution is 0.492. The monoisotopic (exact) mass is 337 g/mol. The van der Waals surface area contributed by atoms with E-state index in [2.05, 4.69) is 12.2 Å². The summed E-state index contributed by atoms with van der Waals surface area (Å²) >= 11 is 12.1. The fourth-order valence-electron chi connectivity index (χ4n) is 2.03. The molecule has 0 spiro atoms. The van der Waals surface area contributed by atoms with Gasteiger partial charge in [-0.2, -0.15) is 0 Å². The third-order valence-electron chi connectivity index (χ3n) is 2.94. The molecule has 0 bridgehead atoms. The first-order valence-electron chi connectivity index (χ1n) is 6.69. The quantitative estimate of drug-likeness (QED) is 0.783. The smallest absolute Gasteiger partial charge is 0.147 e.